The lowest BCUT2D eigenvalue weighted by Gasteiger charge is -2.19. The number of anilines is 3. The minimum Gasteiger partial charge on any atom is -0.339 e. The molecule has 0 saturated heterocycles. The van der Waals surface area contributed by atoms with Crippen molar-refractivity contribution in [1.29, 1.82) is 0 Å². The molecule has 1 heterocycles. The van der Waals surface area contributed by atoms with Crippen molar-refractivity contribution >= 4 is 28.9 Å². The molecule has 0 unspecified atom stereocenters. The average molecular weight is 310 g/mol. The first-order valence-corrected chi connectivity index (χ1v) is 6.75. The molecule has 21 heavy (non-hydrogen) atoms. The zero-order chi connectivity index (χ0) is 15.6. The smallest absolute Gasteiger partial charge is 0.145 e. The van der Waals surface area contributed by atoms with E-state index in [-0.39, 0.29) is 11.2 Å². The second kappa shape index (κ2) is 5.83. The van der Waals surface area contributed by atoms with Crippen molar-refractivity contribution in [1.82, 2.24) is 9.97 Å². The molecule has 0 aliphatic heterocycles. The lowest BCUT2D eigenvalue weighted by Crippen LogP contribution is -2.19. The van der Waals surface area contributed by atoms with E-state index in [1.807, 2.05) is 20.8 Å². The largest absolute Gasteiger partial charge is 0.339 e. The van der Waals surface area contributed by atoms with Gasteiger partial charge in [-0.25, -0.2) is 20.2 Å². The van der Waals surface area contributed by atoms with Gasteiger partial charge in [0.2, 0.25) is 0 Å². The highest BCUT2D eigenvalue weighted by Crippen LogP contribution is 2.28. The quantitative estimate of drug-likeness (QED) is 0.596. The number of hydrogen-bond donors (Lipinski definition) is 3. The Morgan fingerprint density at radius 3 is 2.43 bits per heavy atom. The Balaban J connectivity index is 2.42. The van der Waals surface area contributed by atoms with Crippen LogP contribution in [0.2, 0.25) is 5.02 Å². The molecule has 4 N–H and O–H groups in total. The number of nitrogens with one attached hydrogen (secondary N) is 2. The molecule has 0 radical (unpaired) electrons. The second-order valence-corrected chi connectivity index (χ2v) is 6.01. The molecule has 1 aromatic heterocycles. The highest BCUT2D eigenvalue weighted by molar-refractivity contribution is 6.33. The fraction of sp³-hybridized carbons (Fsp3) is 0.286. The van der Waals surface area contributed by atoms with E-state index in [1.54, 1.807) is 6.07 Å². The molecular formula is C14H17ClFN5. The molecule has 1 aromatic carbocycles. The molecule has 0 fully saturated rings. The van der Waals surface area contributed by atoms with E-state index in [2.05, 4.69) is 20.7 Å². The van der Waals surface area contributed by atoms with E-state index in [0.29, 0.717) is 28.2 Å². The van der Waals surface area contributed by atoms with Gasteiger partial charge in [-0.3, -0.25) is 0 Å². The first kappa shape index (κ1) is 15.5. The highest BCUT2D eigenvalue weighted by Gasteiger charge is 2.19. The van der Waals surface area contributed by atoms with Crippen LogP contribution in [0.25, 0.3) is 0 Å². The number of nitrogen functional groups attached to an aromatic ring is 1. The van der Waals surface area contributed by atoms with Crippen LogP contribution < -0.4 is 16.6 Å². The number of halogens is 2. The summed E-state index contributed by atoms with van der Waals surface area (Å²) in [5.41, 5.74) is 2.67. The summed E-state index contributed by atoms with van der Waals surface area (Å²) in [5, 5.41) is 3.38. The number of hydrogen-bond acceptors (Lipinski definition) is 5. The lowest BCUT2D eigenvalue weighted by molar-refractivity contribution is 0.547. The van der Waals surface area contributed by atoms with E-state index < -0.39 is 0 Å². The number of aromatic nitrogens is 2. The van der Waals surface area contributed by atoms with Crippen molar-refractivity contribution in [3.05, 3.63) is 40.9 Å². The van der Waals surface area contributed by atoms with Crippen LogP contribution in [0.5, 0.6) is 0 Å². The summed E-state index contributed by atoms with van der Waals surface area (Å²) in [7, 11) is 0. The standard InChI is InChI=1S/C14H17ClFN5/c1-14(2,3)13-19-11(7-12(20-13)21-17)18-10-6-8(16)4-5-9(10)15/h4-7H,17H2,1-3H3,(H2,18,19,20,21). The third-order valence-electron chi connectivity index (χ3n) is 2.74. The van der Waals surface area contributed by atoms with E-state index in [0.717, 1.165) is 0 Å². The van der Waals surface area contributed by atoms with Crippen LogP contribution in [0.15, 0.2) is 24.3 Å². The van der Waals surface area contributed by atoms with Gasteiger partial charge in [0, 0.05) is 11.5 Å². The van der Waals surface area contributed by atoms with Gasteiger partial charge in [0.05, 0.1) is 10.7 Å². The lowest BCUT2D eigenvalue weighted by atomic mass is 9.96. The van der Waals surface area contributed by atoms with E-state index in [4.69, 9.17) is 17.4 Å². The molecule has 0 saturated carbocycles. The molecular weight excluding hydrogens is 293 g/mol. The predicted octanol–water partition coefficient (Wildman–Crippen LogP) is 3.60. The van der Waals surface area contributed by atoms with Gasteiger partial charge in [-0.2, -0.15) is 0 Å². The zero-order valence-electron chi connectivity index (χ0n) is 12.0. The van der Waals surface area contributed by atoms with Crippen molar-refractivity contribution in [3.8, 4) is 0 Å². The van der Waals surface area contributed by atoms with Crippen LogP contribution in [0.1, 0.15) is 26.6 Å². The molecule has 7 heteroatoms. The molecule has 0 spiro atoms. The Morgan fingerprint density at radius 1 is 1.14 bits per heavy atom. The van der Waals surface area contributed by atoms with Gasteiger partial charge in [0.25, 0.3) is 0 Å². The first-order chi connectivity index (χ1) is 9.79. The van der Waals surface area contributed by atoms with Crippen molar-refractivity contribution in [2.45, 2.75) is 26.2 Å². The molecule has 0 aliphatic rings. The summed E-state index contributed by atoms with van der Waals surface area (Å²) in [6.45, 7) is 5.96. The molecule has 5 nitrogen and oxygen atoms in total. The maximum Gasteiger partial charge on any atom is 0.145 e. The second-order valence-electron chi connectivity index (χ2n) is 5.61. The molecule has 2 aromatic rings. The van der Waals surface area contributed by atoms with Crippen LogP contribution in [0, 0.1) is 5.82 Å². The summed E-state index contributed by atoms with van der Waals surface area (Å²) in [6, 6.07) is 5.70. The summed E-state index contributed by atoms with van der Waals surface area (Å²) >= 11 is 6.04. The van der Waals surface area contributed by atoms with Crippen LogP contribution >= 0.6 is 11.6 Å². The van der Waals surface area contributed by atoms with Gasteiger partial charge in [-0.05, 0) is 18.2 Å². The minimum atomic E-state index is -0.385. The summed E-state index contributed by atoms with van der Waals surface area (Å²) in [5.74, 6) is 6.59. The topological polar surface area (TPSA) is 75.9 Å². The number of hydrazine groups is 1. The van der Waals surface area contributed by atoms with Crippen molar-refractivity contribution in [2.75, 3.05) is 10.7 Å². The first-order valence-electron chi connectivity index (χ1n) is 6.38. The van der Waals surface area contributed by atoms with Crippen molar-refractivity contribution < 1.29 is 4.39 Å². The van der Waals surface area contributed by atoms with Crippen molar-refractivity contribution in [3.63, 3.8) is 0 Å². The van der Waals surface area contributed by atoms with Gasteiger partial charge in [0.1, 0.15) is 23.3 Å². The van der Waals surface area contributed by atoms with Gasteiger partial charge in [0.15, 0.2) is 0 Å². The SMILES string of the molecule is CC(C)(C)c1nc(NN)cc(Nc2cc(F)ccc2Cl)n1. The maximum absolute atomic E-state index is 13.3. The minimum absolute atomic E-state index is 0.255. The Bertz CT molecular complexity index is 654. The zero-order valence-corrected chi connectivity index (χ0v) is 12.8. The van der Waals surface area contributed by atoms with Crippen LogP contribution in [-0.2, 0) is 5.41 Å². The van der Waals surface area contributed by atoms with Gasteiger partial charge in [-0.15, -0.1) is 0 Å². The van der Waals surface area contributed by atoms with E-state index in [9.17, 15) is 4.39 Å². The number of nitrogens with two attached hydrogens (primary N) is 1. The Hall–Kier alpha value is -1.92. The maximum atomic E-state index is 13.3. The molecule has 0 amide bonds. The number of nitrogens with zero attached hydrogens (tertiary/aromatic N) is 2. The number of rotatable bonds is 3. The van der Waals surface area contributed by atoms with Crippen LogP contribution in [-0.4, -0.2) is 9.97 Å². The van der Waals surface area contributed by atoms with E-state index in [1.165, 1.54) is 18.2 Å². The summed E-state index contributed by atoms with van der Waals surface area (Å²) < 4.78 is 13.3. The van der Waals surface area contributed by atoms with Gasteiger partial charge < -0.3 is 10.7 Å². The van der Waals surface area contributed by atoms with Gasteiger partial charge >= 0.3 is 0 Å². The molecule has 112 valence electrons. The third-order valence-corrected chi connectivity index (χ3v) is 3.07. The number of benzene rings is 1. The average Bonchev–Trinajstić information content (AvgIpc) is 2.41. The van der Waals surface area contributed by atoms with Crippen LogP contribution in [0.4, 0.5) is 21.7 Å². The fourth-order valence-electron chi connectivity index (χ4n) is 1.65. The fourth-order valence-corrected chi connectivity index (χ4v) is 1.82. The molecule has 0 bridgehead atoms. The predicted molar refractivity (Wildman–Crippen MR) is 83.2 cm³/mol. The van der Waals surface area contributed by atoms with Crippen molar-refractivity contribution in [2.24, 2.45) is 5.84 Å². The Labute approximate surface area is 127 Å². The summed E-state index contributed by atoms with van der Waals surface area (Å²) in [6.07, 6.45) is 0. The Morgan fingerprint density at radius 2 is 1.81 bits per heavy atom. The Kier molecular flexibility index (Phi) is 4.29. The monoisotopic (exact) mass is 309 g/mol. The molecule has 0 atom stereocenters. The van der Waals surface area contributed by atoms with Gasteiger partial charge in [-0.1, -0.05) is 32.4 Å². The normalized spacial score (nSPS) is 11.3. The molecule has 0 aliphatic carbocycles. The molecule has 2 rings (SSSR count). The van der Waals surface area contributed by atoms with Crippen LogP contribution in [0.3, 0.4) is 0 Å². The summed E-state index contributed by atoms with van der Waals surface area (Å²) in [4.78, 5) is 8.73. The van der Waals surface area contributed by atoms with E-state index >= 15 is 0 Å². The highest BCUT2D eigenvalue weighted by atomic mass is 35.5. The third kappa shape index (κ3) is 3.80.